The van der Waals surface area contributed by atoms with Gasteiger partial charge >= 0.3 is 5.97 Å². The Hall–Kier alpha value is -2.20. The number of methoxy groups -OCH3 is 1. The summed E-state index contributed by atoms with van der Waals surface area (Å²) < 4.78 is 4.62. The number of hydrogen-bond acceptors (Lipinski definition) is 4. The highest BCUT2D eigenvalue weighted by Crippen LogP contribution is 2.18. The minimum absolute atomic E-state index is 0.384. The van der Waals surface area contributed by atoms with Gasteiger partial charge in [0, 0.05) is 18.3 Å². The molecule has 4 heteroatoms. The van der Waals surface area contributed by atoms with Crippen LogP contribution in [0.25, 0.3) is 0 Å². The highest BCUT2D eigenvalue weighted by molar-refractivity contribution is 5.89. The van der Waals surface area contributed by atoms with Gasteiger partial charge in [0.1, 0.15) is 0 Å². The van der Waals surface area contributed by atoms with Gasteiger partial charge in [-0.25, -0.2) is 4.79 Å². The van der Waals surface area contributed by atoms with Crippen molar-refractivity contribution in [1.82, 2.24) is 4.98 Å². The number of benzene rings is 1. The molecule has 19 heavy (non-hydrogen) atoms. The van der Waals surface area contributed by atoms with Crippen molar-refractivity contribution in [3.63, 3.8) is 0 Å². The van der Waals surface area contributed by atoms with E-state index in [4.69, 9.17) is 0 Å². The fourth-order valence-corrected chi connectivity index (χ4v) is 1.79. The van der Waals surface area contributed by atoms with E-state index < -0.39 is 6.10 Å². The van der Waals surface area contributed by atoms with E-state index in [1.54, 1.807) is 30.5 Å². The van der Waals surface area contributed by atoms with Crippen molar-refractivity contribution in [2.45, 2.75) is 12.5 Å². The molecular formula is C15H15NO3. The summed E-state index contributed by atoms with van der Waals surface area (Å²) >= 11 is 0. The third-order valence-electron chi connectivity index (χ3n) is 2.85. The van der Waals surface area contributed by atoms with Gasteiger partial charge in [0.15, 0.2) is 0 Å². The van der Waals surface area contributed by atoms with Gasteiger partial charge in [-0.05, 0) is 29.8 Å². The molecular weight excluding hydrogens is 242 g/mol. The smallest absolute Gasteiger partial charge is 0.337 e. The zero-order chi connectivity index (χ0) is 13.7. The summed E-state index contributed by atoms with van der Waals surface area (Å²) in [7, 11) is 1.34. The molecule has 0 aliphatic carbocycles. The molecule has 0 spiro atoms. The van der Waals surface area contributed by atoms with Crippen molar-refractivity contribution in [2.75, 3.05) is 7.11 Å². The molecule has 0 saturated heterocycles. The van der Waals surface area contributed by atoms with Crippen LogP contribution in [0.2, 0.25) is 0 Å². The summed E-state index contributed by atoms with van der Waals surface area (Å²) in [6, 6.07) is 12.3. The zero-order valence-corrected chi connectivity index (χ0v) is 10.6. The molecule has 0 radical (unpaired) electrons. The Balaban J connectivity index is 2.07. The Kier molecular flexibility index (Phi) is 4.26. The van der Waals surface area contributed by atoms with E-state index in [-0.39, 0.29) is 5.97 Å². The van der Waals surface area contributed by atoms with Crippen molar-refractivity contribution in [3.8, 4) is 0 Å². The number of pyridine rings is 1. The van der Waals surface area contributed by atoms with Crippen molar-refractivity contribution in [1.29, 1.82) is 0 Å². The predicted octanol–water partition coefficient (Wildman–Crippen LogP) is 2.14. The molecule has 0 saturated carbocycles. The predicted molar refractivity (Wildman–Crippen MR) is 70.7 cm³/mol. The normalized spacial score (nSPS) is 11.9. The highest BCUT2D eigenvalue weighted by atomic mass is 16.5. The molecule has 1 aromatic carbocycles. The first kappa shape index (κ1) is 13.2. The van der Waals surface area contributed by atoms with Crippen LogP contribution < -0.4 is 0 Å². The summed E-state index contributed by atoms with van der Waals surface area (Å²) in [5.74, 6) is -0.384. The summed E-state index contributed by atoms with van der Waals surface area (Å²) in [6.45, 7) is 0. The van der Waals surface area contributed by atoms with Gasteiger partial charge in [-0.15, -0.1) is 0 Å². The topological polar surface area (TPSA) is 59.4 Å². The summed E-state index contributed by atoms with van der Waals surface area (Å²) in [4.78, 5) is 15.5. The zero-order valence-electron chi connectivity index (χ0n) is 10.6. The second-order valence-electron chi connectivity index (χ2n) is 4.15. The van der Waals surface area contributed by atoms with Crippen LogP contribution in [0.15, 0.2) is 48.7 Å². The minimum atomic E-state index is -0.637. The average Bonchev–Trinajstić information content (AvgIpc) is 2.47. The van der Waals surface area contributed by atoms with Crippen LogP contribution in [0.1, 0.15) is 27.7 Å². The third kappa shape index (κ3) is 3.39. The lowest BCUT2D eigenvalue weighted by molar-refractivity contribution is 0.0600. The first-order valence-corrected chi connectivity index (χ1v) is 5.97. The van der Waals surface area contributed by atoms with Crippen molar-refractivity contribution in [3.05, 3.63) is 65.5 Å². The number of rotatable bonds is 4. The van der Waals surface area contributed by atoms with Crippen molar-refractivity contribution in [2.24, 2.45) is 0 Å². The van der Waals surface area contributed by atoms with Crippen molar-refractivity contribution < 1.29 is 14.6 Å². The largest absolute Gasteiger partial charge is 0.465 e. The van der Waals surface area contributed by atoms with E-state index in [2.05, 4.69) is 9.72 Å². The first-order valence-electron chi connectivity index (χ1n) is 5.97. The second-order valence-corrected chi connectivity index (χ2v) is 4.15. The standard InChI is InChI=1S/C15H15NO3/c1-19-15(18)12-7-5-11(6-8-12)14(17)10-13-4-2-3-9-16-13/h2-9,14,17H,10H2,1H3. The maximum atomic E-state index is 11.3. The third-order valence-corrected chi connectivity index (χ3v) is 2.85. The quantitative estimate of drug-likeness (QED) is 0.852. The fraction of sp³-hybridized carbons (Fsp3) is 0.200. The number of aliphatic hydroxyl groups excluding tert-OH is 1. The number of aromatic nitrogens is 1. The molecule has 4 nitrogen and oxygen atoms in total. The molecule has 0 fully saturated rings. The van der Waals surface area contributed by atoms with E-state index in [0.717, 1.165) is 11.3 Å². The maximum Gasteiger partial charge on any atom is 0.337 e. The van der Waals surface area contributed by atoms with Gasteiger partial charge in [0.2, 0.25) is 0 Å². The van der Waals surface area contributed by atoms with Gasteiger partial charge in [0.05, 0.1) is 18.8 Å². The van der Waals surface area contributed by atoms with Gasteiger partial charge in [-0.1, -0.05) is 18.2 Å². The molecule has 1 unspecified atom stereocenters. The Bertz CT molecular complexity index is 537. The lowest BCUT2D eigenvalue weighted by Gasteiger charge is -2.10. The molecule has 0 bridgehead atoms. The molecule has 98 valence electrons. The summed E-state index contributed by atoms with van der Waals surface area (Å²) in [5, 5.41) is 10.1. The number of carbonyl (C=O) groups is 1. The number of carbonyl (C=O) groups excluding carboxylic acids is 1. The average molecular weight is 257 g/mol. The number of nitrogens with zero attached hydrogens (tertiary/aromatic N) is 1. The van der Waals surface area contributed by atoms with Gasteiger partial charge in [0.25, 0.3) is 0 Å². The monoisotopic (exact) mass is 257 g/mol. The molecule has 2 aromatic rings. The molecule has 1 heterocycles. The lowest BCUT2D eigenvalue weighted by Crippen LogP contribution is -2.05. The molecule has 1 aromatic heterocycles. The Morgan fingerprint density at radius 2 is 2.00 bits per heavy atom. The van der Waals surface area contributed by atoms with Crippen LogP contribution in [-0.2, 0) is 11.2 Å². The van der Waals surface area contributed by atoms with Crippen LogP contribution in [0, 0.1) is 0 Å². The van der Waals surface area contributed by atoms with E-state index >= 15 is 0 Å². The van der Waals surface area contributed by atoms with Crippen LogP contribution >= 0.6 is 0 Å². The molecule has 1 N–H and O–H groups in total. The van der Waals surface area contributed by atoms with E-state index in [1.807, 2.05) is 18.2 Å². The van der Waals surface area contributed by atoms with Crippen molar-refractivity contribution >= 4 is 5.97 Å². The SMILES string of the molecule is COC(=O)c1ccc(C(O)Cc2ccccn2)cc1. The van der Waals surface area contributed by atoms with Crippen LogP contribution in [-0.4, -0.2) is 23.2 Å². The van der Waals surface area contributed by atoms with E-state index in [9.17, 15) is 9.90 Å². The van der Waals surface area contributed by atoms with Gasteiger partial charge < -0.3 is 9.84 Å². The maximum absolute atomic E-state index is 11.3. The molecule has 0 aliphatic rings. The van der Waals surface area contributed by atoms with Crippen LogP contribution in [0.4, 0.5) is 0 Å². The fourth-order valence-electron chi connectivity index (χ4n) is 1.79. The number of esters is 1. The Labute approximate surface area is 111 Å². The summed E-state index contributed by atoms with van der Waals surface area (Å²) in [5.41, 5.74) is 2.04. The molecule has 0 aliphatic heterocycles. The van der Waals surface area contributed by atoms with Gasteiger partial charge in [-0.2, -0.15) is 0 Å². The number of hydrogen-bond donors (Lipinski definition) is 1. The van der Waals surface area contributed by atoms with Crippen LogP contribution in [0.5, 0.6) is 0 Å². The van der Waals surface area contributed by atoms with Gasteiger partial charge in [-0.3, -0.25) is 4.98 Å². The van der Waals surface area contributed by atoms with E-state index in [1.165, 1.54) is 7.11 Å². The molecule has 0 amide bonds. The number of ether oxygens (including phenoxy) is 1. The van der Waals surface area contributed by atoms with Crippen LogP contribution in [0.3, 0.4) is 0 Å². The minimum Gasteiger partial charge on any atom is -0.465 e. The molecule has 2 rings (SSSR count). The summed E-state index contributed by atoms with van der Waals surface area (Å²) in [6.07, 6.45) is 1.50. The number of aliphatic hydroxyl groups is 1. The Morgan fingerprint density at radius 3 is 2.58 bits per heavy atom. The highest BCUT2D eigenvalue weighted by Gasteiger charge is 2.11. The second kappa shape index (κ2) is 6.11. The first-order chi connectivity index (χ1) is 9.20. The van der Waals surface area contributed by atoms with E-state index in [0.29, 0.717) is 12.0 Å². The lowest BCUT2D eigenvalue weighted by atomic mass is 10.0. The Morgan fingerprint density at radius 1 is 1.26 bits per heavy atom. The molecule has 1 atom stereocenters.